The number of benzene rings is 2. The van der Waals surface area contributed by atoms with Crippen molar-refractivity contribution in [1.82, 2.24) is 15.5 Å². The first-order chi connectivity index (χ1) is 20.5. The van der Waals surface area contributed by atoms with E-state index in [1.807, 2.05) is 39.0 Å². The first kappa shape index (κ1) is 36.1. The number of ether oxygens (including phenoxy) is 2. The number of phenols is 1. The zero-order chi connectivity index (χ0) is 33.2. The first-order valence-electron chi connectivity index (χ1n) is 15.0. The summed E-state index contributed by atoms with van der Waals surface area (Å²) < 4.78 is 10.2. The summed E-state index contributed by atoms with van der Waals surface area (Å²) >= 11 is 0. The lowest BCUT2D eigenvalue weighted by atomic mass is 9.94. The number of hydrogen-bond donors (Lipinski definition) is 3. The molecule has 0 saturated heterocycles. The molecule has 0 fully saturated rings. The van der Waals surface area contributed by atoms with E-state index in [1.54, 1.807) is 32.9 Å². The molecule has 0 aromatic heterocycles. The molecule has 2 rings (SSSR count). The number of phenolic OH excluding ortho intramolecular Hbond substituents is 1. The van der Waals surface area contributed by atoms with E-state index in [0.717, 1.165) is 17.5 Å². The lowest BCUT2D eigenvalue weighted by Crippen LogP contribution is -2.56. The summed E-state index contributed by atoms with van der Waals surface area (Å²) in [5.74, 6) is -1.25. The standard InChI is InChI=1S/C34H49N3O7/c1-21(2)10-11-24(5)37(30(31(40)35-20-29(39)43-9)26-17-22(3)16-23(4)18-26)32(41)28(36-33(42)44-34(6,7)8)19-25-12-14-27(38)15-13-25/h12-18,21,24,28,30,38H,10-11,19-20H2,1-9H3,(H,35,40)(H,36,42). The second-order valence-corrected chi connectivity index (χ2v) is 12.8. The van der Waals surface area contributed by atoms with Crippen molar-refractivity contribution in [2.45, 2.75) is 98.4 Å². The second kappa shape index (κ2) is 16.1. The van der Waals surface area contributed by atoms with Gasteiger partial charge in [0.05, 0.1) is 7.11 Å². The summed E-state index contributed by atoms with van der Waals surface area (Å²) in [7, 11) is 1.23. The third kappa shape index (κ3) is 11.5. The number of carbonyl (C=O) groups is 4. The number of aromatic hydroxyl groups is 1. The molecular weight excluding hydrogens is 562 g/mol. The van der Waals surface area contributed by atoms with E-state index in [2.05, 4.69) is 24.5 Å². The van der Waals surface area contributed by atoms with Gasteiger partial charge >= 0.3 is 12.1 Å². The molecule has 10 heteroatoms. The third-order valence-electron chi connectivity index (χ3n) is 6.98. The van der Waals surface area contributed by atoms with Gasteiger partial charge in [0.15, 0.2) is 0 Å². The van der Waals surface area contributed by atoms with Gasteiger partial charge in [0.1, 0.15) is 30.0 Å². The van der Waals surface area contributed by atoms with Gasteiger partial charge in [0.2, 0.25) is 11.8 Å². The molecule has 0 aliphatic rings. The number of hydrogen-bond acceptors (Lipinski definition) is 7. The number of nitrogens with zero attached hydrogens (tertiary/aromatic N) is 1. The van der Waals surface area contributed by atoms with E-state index >= 15 is 0 Å². The van der Waals surface area contributed by atoms with E-state index in [9.17, 15) is 24.3 Å². The molecule has 44 heavy (non-hydrogen) atoms. The van der Waals surface area contributed by atoms with E-state index < -0.39 is 47.6 Å². The van der Waals surface area contributed by atoms with Crippen LogP contribution < -0.4 is 10.6 Å². The molecule has 0 heterocycles. The van der Waals surface area contributed by atoms with Crippen LogP contribution in [0.4, 0.5) is 4.79 Å². The van der Waals surface area contributed by atoms with Crippen LogP contribution in [-0.2, 0) is 30.3 Å². The van der Waals surface area contributed by atoms with Gasteiger partial charge in [0.25, 0.3) is 0 Å². The number of alkyl carbamates (subject to hydrolysis) is 1. The van der Waals surface area contributed by atoms with Gasteiger partial charge < -0.3 is 30.1 Å². The average Bonchev–Trinajstić information content (AvgIpc) is 2.91. The van der Waals surface area contributed by atoms with Crippen LogP contribution in [0.25, 0.3) is 0 Å². The summed E-state index contributed by atoms with van der Waals surface area (Å²) in [6.45, 7) is 14.7. The highest BCUT2D eigenvalue weighted by Crippen LogP contribution is 2.29. The van der Waals surface area contributed by atoms with Gasteiger partial charge in [-0.1, -0.05) is 55.3 Å². The van der Waals surface area contributed by atoms with Gasteiger partial charge in [-0.25, -0.2) is 4.79 Å². The number of carbonyl (C=O) groups excluding carboxylic acids is 4. The van der Waals surface area contributed by atoms with E-state index in [-0.39, 0.29) is 18.7 Å². The Kier molecular flexibility index (Phi) is 13.2. The molecule has 242 valence electrons. The molecule has 0 bridgehead atoms. The maximum atomic E-state index is 14.7. The zero-order valence-corrected chi connectivity index (χ0v) is 27.5. The van der Waals surface area contributed by atoms with Gasteiger partial charge in [-0.3, -0.25) is 14.4 Å². The molecular formula is C34H49N3O7. The monoisotopic (exact) mass is 611 g/mol. The second-order valence-electron chi connectivity index (χ2n) is 12.8. The van der Waals surface area contributed by atoms with Crippen LogP contribution in [0.15, 0.2) is 42.5 Å². The van der Waals surface area contributed by atoms with Crippen molar-refractivity contribution in [2.24, 2.45) is 5.92 Å². The van der Waals surface area contributed by atoms with Crippen molar-refractivity contribution >= 4 is 23.9 Å². The van der Waals surface area contributed by atoms with Crippen LogP contribution in [0, 0.1) is 19.8 Å². The number of rotatable bonds is 13. The third-order valence-corrected chi connectivity index (χ3v) is 6.98. The van der Waals surface area contributed by atoms with Crippen LogP contribution >= 0.6 is 0 Å². The van der Waals surface area contributed by atoms with Gasteiger partial charge in [-0.05, 0) is 83.6 Å². The maximum absolute atomic E-state index is 14.7. The Morgan fingerprint density at radius 1 is 0.932 bits per heavy atom. The van der Waals surface area contributed by atoms with Crippen LogP contribution in [-0.4, -0.2) is 65.2 Å². The molecule has 0 aliphatic carbocycles. The minimum absolute atomic E-state index is 0.0674. The Hall–Kier alpha value is -4.08. The van der Waals surface area contributed by atoms with Crippen LogP contribution in [0.3, 0.4) is 0 Å². The molecule has 0 aliphatic heterocycles. The summed E-state index contributed by atoms with van der Waals surface area (Å²) in [6, 6.07) is 9.36. The average molecular weight is 612 g/mol. The first-order valence-corrected chi connectivity index (χ1v) is 15.0. The lowest BCUT2D eigenvalue weighted by Gasteiger charge is -2.39. The molecule has 3 unspecified atom stereocenters. The van der Waals surface area contributed by atoms with Crippen molar-refractivity contribution in [3.8, 4) is 5.75 Å². The summed E-state index contributed by atoms with van der Waals surface area (Å²) in [5.41, 5.74) is 2.26. The van der Waals surface area contributed by atoms with Crippen molar-refractivity contribution < 1.29 is 33.8 Å². The summed E-state index contributed by atoms with van der Waals surface area (Å²) in [5, 5.41) is 15.2. The normalized spacial score (nSPS) is 13.4. The number of aryl methyl sites for hydroxylation is 2. The Labute approximate surface area is 261 Å². The minimum atomic E-state index is -1.12. The Bertz CT molecular complexity index is 1260. The fraction of sp³-hybridized carbons (Fsp3) is 0.529. The Balaban J connectivity index is 2.69. The molecule has 10 nitrogen and oxygen atoms in total. The maximum Gasteiger partial charge on any atom is 0.408 e. The molecule has 0 spiro atoms. The van der Waals surface area contributed by atoms with Gasteiger partial charge in [-0.2, -0.15) is 0 Å². The van der Waals surface area contributed by atoms with Crippen molar-refractivity contribution in [3.05, 3.63) is 64.7 Å². The Morgan fingerprint density at radius 3 is 2.05 bits per heavy atom. The van der Waals surface area contributed by atoms with Crippen molar-refractivity contribution in [1.29, 1.82) is 0 Å². The molecule has 2 aromatic rings. The lowest BCUT2D eigenvalue weighted by molar-refractivity contribution is -0.146. The van der Waals surface area contributed by atoms with E-state index in [1.165, 1.54) is 24.1 Å². The van der Waals surface area contributed by atoms with Crippen LogP contribution in [0.1, 0.15) is 82.7 Å². The highest BCUT2D eigenvalue weighted by Gasteiger charge is 2.39. The van der Waals surface area contributed by atoms with Crippen LogP contribution in [0.2, 0.25) is 0 Å². The smallest absolute Gasteiger partial charge is 0.408 e. The zero-order valence-electron chi connectivity index (χ0n) is 27.5. The molecule has 2 aromatic carbocycles. The highest BCUT2D eigenvalue weighted by molar-refractivity contribution is 5.93. The summed E-state index contributed by atoms with van der Waals surface area (Å²) in [4.78, 5) is 55.2. The minimum Gasteiger partial charge on any atom is -0.508 e. The quantitative estimate of drug-likeness (QED) is 0.268. The van der Waals surface area contributed by atoms with E-state index in [0.29, 0.717) is 23.5 Å². The number of amides is 3. The van der Waals surface area contributed by atoms with E-state index in [4.69, 9.17) is 9.47 Å². The molecule has 0 radical (unpaired) electrons. The highest BCUT2D eigenvalue weighted by atomic mass is 16.6. The molecule has 0 saturated carbocycles. The largest absolute Gasteiger partial charge is 0.508 e. The predicted octanol–water partition coefficient (Wildman–Crippen LogP) is 5.13. The molecule has 3 N–H and O–H groups in total. The number of esters is 1. The van der Waals surface area contributed by atoms with Crippen LogP contribution in [0.5, 0.6) is 5.75 Å². The number of nitrogens with one attached hydrogen (secondary N) is 2. The SMILES string of the molecule is COC(=O)CNC(=O)C(c1cc(C)cc(C)c1)N(C(=O)C(Cc1ccc(O)cc1)NC(=O)OC(C)(C)C)C(C)CCC(C)C. The van der Waals surface area contributed by atoms with Gasteiger partial charge in [0, 0.05) is 12.5 Å². The summed E-state index contributed by atoms with van der Waals surface area (Å²) in [6.07, 6.45) is 0.682. The van der Waals surface area contributed by atoms with Gasteiger partial charge in [-0.15, -0.1) is 0 Å². The van der Waals surface area contributed by atoms with Crippen molar-refractivity contribution in [2.75, 3.05) is 13.7 Å². The fourth-order valence-electron chi connectivity index (χ4n) is 4.94. The topological polar surface area (TPSA) is 134 Å². The number of methoxy groups -OCH3 is 1. The Morgan fingerprint density at radius 2 is 1.52 bits per heavy atom. The molecule has 3 amide bonds. The van der Waals surface area contributed by atoms with Crippen molar-refractivity contribution in [3.63, 3.8) is 0 Å². The molecule has 3 atom stereocenters. The fourth-order valence-corrected chi connectivity index (χ4v) is 4.94. The predicted molar refractivity (Wildman–Crippen MR) is 169 cm³/mol.